The van der Waals surface area contributed by atoms with Gasteiger partial charge in [0.1, 0.15) is 11.5 Å². The number of fused-ring (bicyclic) bond motifs is 2. The molecule has 1 aromatic carbocycles. The molecule has 3 atom stereocenters. The van der Waals surface area contributed by atoms with Crippen LogP contribution < -0.4 is 15.2 Å². The first kappa shape index (κ1) is 13.7. The summed E-state index contributed by atoms with van der Waals surface area (Å²) in [5.41, 5.74) is 7.25. The Kier molecular flexibility index (Phi) is 3.85. The van der Waals surface area contributed by atoms with Crippen molar-refractivity contribution in [1.29, 1.82) is 0 Å². The third-order valence-corrected chi connectivity index (χ3v) is 4.87. The number of ether oxygens (including phenoxy) is 2. The summed E-state index contributed by atoms with van der Waals surface area (Å²) < 4.78 is 10.9. The topological polar surface area (TPSA) is 47.7 Å². The zero-order valence-electron chi connectivity index (χ0n) is 12.3. The van der Waals surface area contributed by atoms with Crippen LogP contribution in [0.1, 0.15) is 30.9 Å². The third kappa shape index (κ3) is 2.27. The number of nitrogens with two attached hydrogens (primary N) is 1. The van der Waals surface area contributed by atoms with Gasteiger partial charge in [-0.15, -0.1) is 0 Å². The van der Waals surface area contributed by atoms with Crippen molar-refractivity contribution in [3.63, 3.8) is 0 Å². The maximum atomic E-state index is 6.09. The molecule has 0 spiro atoms. The van der Waals surface area contributed by atoms with Crippen molar-refractivity contribution in [3.8, 4) is 11.5 Å². The molecule has 0 amide bonds. The van der Waals surface area contributed by atoms with Crippen LogP contribution >= 0.6 is 0 Å². The minimum Gasteiger partial charge on any atom is -0.497 e. The molecule has 2 bridgehead atoms. The number of hydrogen-bond acceptors (Lipinski definition) is 4. The van der Waals surface area contributed by atoms with E-state index in [2.05, 4.69) is 11.0 Å². The molecule has 20 heavy (non-hydrogen) atoms. The van der Waals surface area contributed by atoms with Crippen molar-refractivity contribution in [3.05, 3.63) is 23.8 Å². The first-order chi connectivity index (χ1) is 9.76. The van der Waals surface area contributed by atoms with Gasteiger partial charge in [0, 0.05) is 24.7 Å². The third-order valence-electron chi connectivity index (χ3n) is 4.87. The smallest absolute Gasteiger partial charge is 0.123 e. The maximum absolute atomic E-state index is 6.09. The first-order valence-corrected chi connectivity index (χ1v) is 7.44. The molecule has 2 N–H and O–H groups in total. The molecule has 4 heteroatoms. The van der Waals surface area contributed by atoms with Gasteiger partial charge in [-0.05, 0) is 43.4 Å². The number of rotatable bonds is 5. The van der Waals surface area contributed by atoms with Crippen molar-refractivity contribution in [2.45, 2.75) is 31.3 Å². The summed E-state index contributed by atoms with van der Waals surface area (Å²) >= 11 is 0. The van der Waals surface area contributed by atoms with E-state index in [1.807, 2.05) is 12.1 Å². The van der Waals surface area contributed by atoms with E-state index in [4.69, 9.17) is 15.2 Å². The molecule has 1 aromatic rings. The van der Waals surface area contributed by atoms with Gasteiger partial charge in [0.2, 0.25) is 0 Å². The van der Waals surface area contributed by atoms with E-state index in [1.165, 1.54) is 25.8 Å². The fourth-order valence-corrected chi connectivity index (χ4v) is 3.89. The fraction of sp³-hybridized carbons (Fsp3) is 0.625. The standard InChI is InChI=1S/C16H24N2O2/c1-19-13-5-6-16(20-2)14(8-13)15(9-17)18-10-11-3-4-12(18)7-11/h5-6,8,11-12,15H,3-4,7,9-10,17H2,1-2H3. The molecular formula is C16H24N2O2. The van der Waals surface area contributed by atoms with E-state index in [1.54, 1.807) is 14.2 Å². The molecule has 3 rings (SSSR count). The summed E-state index contributed by atoms with van der Waals surface area (Å²) in [6.45, 7) is 1.79. The van der Waals surface area contributed by atoms with Crippen LogP contribution in [0.5, 0.6) is 11.5 Å². The molecule has 2 fully saturated rings. The molecule has 0 radical (unpaired) electrons. The Hall–Kier alpha value is -1.26. The normalized spacial score (nSPS) is 26.8. The van der Waals surface area contributed by atoms with Gasteiger partial charge in [0.05, 0.1) is 20.3 Å². The molecule has 1 aliphatic heterocycles. The van der Waals surface area contributed by atoms with Gasteiger partial charge in [0.25, 0.3) is 0 Å². The van der Waals surface area contributed by atoms with E-state index in [0.717, 1.165) is 23.0 Å². The summed E-state index contributed by atoms with van der Waals surface area (Å²) in [6, 6.07) is 6.92. The lowest BCUT2D eigenvalue weighted by molar-refractivity contribution is 0.150. The molecule has 1 saturated heterocycles. The van der Waals surface area contributed by atoms with Gasteiger partial charge in [0.15, 0.2) is 0 Å². The van der Waals surface area contributed by atoms with Crippen molar-refractivity contribution in [1.82, 2.24) is 4.90 Å². The average Bonchev–Trinajstić information content (AvgIpc) is 3.11. The molecule has 3 unspecified atom stereocenters. The predicted molar refractivity (Wildman–Crippen MR) is 79.2 cm³/mol. The maximum Gasteiger partial charge on any atom is 0.123 e. The van der Waals surface area contributed by atoms with Crippen molar-refractivity contribution >= 4 is 0 Å². The zero-order valence-corrected chi connectivity index (χ0v) is 12.3. The highest BCUT2D eigenvalue weighted by atomic mass is 16.5. The van der Waals surface area contributed by atoms with Gasteiger partial charge < -0.3 is 15.2 Å². The highest BCUT2D eigenvalue weighted by Gasteiger charge is 2.41. The monoisotopic (exact) mass is 276 g/mol. The summed E-state index contributed by atoms with van der Waals surface area (Å²) in [7, 11) is 3.41. The minimum absolute atomic E-state index is 0.232. The van der Waals surface area contributed by atoms with Crippen LogP contribution in [-0.2, 0) is 0 Å². The second kappa shape index (κ2) is 5.62. The van der Waals surface area contributed by atoms with Gasteiger partial charge in [-0.25, -0.2) is 0 Å². The van der Waals surface area contributed by atoms with Crippen LogP contribution in [0, 0.1) is 5.92 Å². The molecule has 1 heterocycles. The molecule has 1 saturated carbocycles. The Balaban J connectivity index is 1.92. The minimum atomic E-state index is 0.232. The molecule has 4 nitrogen and oxygen atoms in total. The van der Waals surface area contributed by atoms with Crippen LogP contribution in [0.2, 0.25) is 0 Å². The van der Waals surface area contributed by atoms with Gasteiger partial charge in [-0.3, -0.25) is 4.90 Å². The number of benzene rings is 1. The zero-order chi connectivity index (χ0) is 14.1. The molecule has 0 aromatic heterocycles. The quantitative estimate of drug-likeness (QED) is 0.895. The highest BCUT2D eigenvalue weighted by molar-refractivity contribution is 5.42. The summed E-state index contributed by atoms with van der Waals surface area (Å²) in [4.78, 5) is 2.57. The SMILES string of the molecule is COc1ccc(OC)c(C(CN)N2CC3CCC2C3)c1. The van der Waals surface area contributed by atoms with Crippen LogP contribution in [0.15, 0.2) is 18.2 Å². The van der Waals surface area contributed by atoms with Crippen LogP contribution in [0.4, 0.5) is 0 Å². The van der Waals surface area contributed by atoms with E-state index in [9.17, 15) is 0 Å². The number of methoxy groups -OCH3 is 2. The number of piperidine rings is 1. The van der Waals surface area contributed by atoms with Crippen LogP contribution in [0.25, 0.3) is 0 Å². The lowest BCUT2D eigenvalue weighted by Crippen LogP contribution is -2.39. The van der Waals surface area contributed by atoms with Crippen molar-refractivity contribution < 1.29 is 9.47 Å². The predicted octanol–water partition coefficient (Wildman–Crippen LogP) is 2.19. The van der Waals surface area contributed by atoms with E-state index in [-0.39, 0.29) is 6.04 Å². The first-order valence-electron chi connectivity index (χ1n) is 7.44. The van der Waals surface area contributed by atoms with Gasteiger partial charge in [-0.1, -0.05) is 0 Å². The largest absolute Gasteiger partial charge is 0.497 e. The Labute approximate surface area is 120 Å². The lowest BCUT2D eigenvalue weighted by atomic mass is 10.0. The molecular weight excluding hydrogens is 252 g/mol. The second-order valence-electron chi connectivity index (χ2n) is 5.89. The van der Waals surface area contributed by atoms with Crippen LogP contribution in [-0.4, -0.2) is 38.3 Å². The molecule has 2 aliphatic rings. The lowest BCUT2D eigenvalue weighted by Gasteiger charge is -2.35. The molecule has 110 valence electrons. The number of hydrogen-bond donors (Lipinski definition) is 1. The summed E-state index contributed by atoms with van der Waals surface area (Å²) in [5, 5.41) is 0. The Bertz CT molecular complexity index is 478. The van der Waals surface area contributed by atoms with Crippen molar-refractivity contribution in [2.75, 3.05) is 27.3 Å². The number of nitrogens with zero attached hydrogens (tertiary/aromatic N) is 1. The Morgan fingerprint density at radius 1 is 1.30 bits per heavy atom. The van der Waals surface area contributed by atoms with Crippen LogP contribution in [0.3, 0.4) is 0 Å². The van der Waals surface area contributed by atoms with E-state index in [0.29, 0.717) is 12.6 Å². The average molecular weight is 276 g/mol. The Morgan fingerprint density at radius 2 is 2.15 bits per heavy atom. The fourth-order valence-electron chi connectivity index (χ4n) is 3.89. The second-order valence-corrected chi connectivity index (χ2v) is 5.89. The van der Waals surface area contributed by atoms with Gasteiger partial charge >= 0.3 is 0 Å². The molecule has 1 aliphatic carbocycles. The highest BCUT2D eigenvalue weighted by Crippen LogP contribution is 2.43. The van der Waals surface area contributed by atoms with Gasteiger partial charge in [-0.2, -0.15) is 0 Å². The summed E-state index contributed by atoms with van der Waals surface area (Å²) in [5.74, 6) is 2.64. The summed E-state index contributed by atoms with van der Waals surface area (Å²) in [6.07, 6.45) is 4.03. The number of likely N-dealkylation sites (tertiary alicyclic amines) is 1. The Morgan fingerprint density at radius 3 is 2.70 bits per heavy atom. The van der Waals surface area contributed by atoms with E-state index < -0.39 is 0 Å². The van der Waals surface area contributed by atoms with E-state index >= 15 is 0 Å². The van der Waals surface area contributed by atoms with Crippen molar-refractivity contribution in [2.24, 2.45) is 11.7 Å².